The predicted octanol–water partition coefficient (Wildman–Crippen LogP) is 2.87. The van der Waals surface area contributed by atoms with Crippen LogP contribution in [0.5, 0.6) is 5.75 Å². The maximum atomic E-state index is 12.5. The zero-order valence-electron chi connectivity index (χ0n) is 12.3. The number of ether oxygens (including phenoxy) is 1. The zero-order valence-corrected chi connectivity index (χ0v) is 12.3. The summed E-state index contributed by atoms with van der Waals surface area (Å²) in [4.78, 5) is 14.3. The van der Waals surface area contributed by atoms with Gasteiger partial charge in [0.2, 0.25) is 0 Å². The number of carbonyl (C=O) groups is 1. The first-order valence-corrected chi connectivity index (χ1v) is 7.43. The highest BCUT2D eigenvalue weighted by Crippen LogP contribution is 2.35. The number of carbonyl (C=O) groups excluding carboxylic acids is 1. The van der Waals surface area contributed by atoms with Gasteiger partial charge in [-0.3, -0.25) is 4.79 Å². The van der Waals surface area contributed by atoms with E-state index in [0.717, 1.165) is 36.3 Å². The summed E-state index contributed by atoms with van der Waals surface area (Å²) in [5, 5.41) is 9.26. The van der Waals surface area contributed by atoms with E-state index in [1.165, 1.54) is 0 Å². The fraction of sp³-hybridized carbons (Fsp3) is 0.562. The van der Waals surface area contributed by atoms with Gasteiger partial charge in [-0.1, -0.05) is 32.8 Å². The molecule has 1 heterocycles. The fourth-order valence-corrected chi connectivity index (χ4v) is 2.48. The van der Waals surface area contributed by atoms with Crippen LogP contribution in [0.1, 0.15) is 45.1 Å². The van der Waals surface area contributed by atoms with Crippen LogP contribution in [0.15, 0.2) is 18.2 Å². The summed E-state index contributed by atoms with van der Waals surface area (Å²) < 4.78 is 5.76. The molecule has 20 heavy (non-hydrogen) atoms. The predicted molar refractivity (Wildman–Crippen MR) is 78.9 cm³/mol. The van der Waals surface area contributed by atoms with Crippen LogP contribution in [-0.2, 0) is 11.4 Å². The minimum absolute atomic E-state index is 0.0263. The van der Waals surface area contributed by atoms with Crippen LogP contribution in [0.2, 0.25) is 0 Å². The van der Waals surface area contributed by atoms with Crippen LogP contribution in [0.4, 0.5) is 5.69 Å². The number of fused-ring (bicyclic) bond motifs is 1. The van der Waals surface area contributed by atoms with E-state index >= 15 is 0 Å². The molecule has 0 spiro atoms. The molecule has 0 aromatic heterocycles. The van der Waals surface area contributed by atoms with Crippen molar-refractivity contribution in [2.24, 2.45) is 0 Å². The summed E-state index contributed by atoms with van der Waals surface area (Å²) in [6.45, 7) is 4.80. The third-order valence-electron chi connectivity index (χ3n) is 3.66. The first-order valence-electron chi connectivity index (χ1n) is 7.43. The number of benzene rings is 1. The molecule has 1 unspecified atom stereocenters. The molecule has 1 atom stereocenters. The van der Waals surface area contributed by atoms with Gasteiger partial charge in [-0.05, 0) is 30.5 Å². The maximum Gasteiger partial charge on any atom is 0.268 e. The number of aliphatic hydroxyl groups excluding tert-OH is 1. The molecular formula is C16H23NO3. The van der Waals surface area contributed by atoms with E-state index in [0.29, 0.717) is 13.0 Å². The Balaban J connectivity index is 2.29. The van der Waals surface area contributed by atoms with Crippen molar-refractivity contribution in [3.05, 3.63) is 23.8 Å². The molecule has 1 N–H and O–H groups in total. The van der Waals surface area contributed by atoms with Gasteiger partial charge >= 0.3 is 0 Å². The second kappa shape index (κ2) is 6.75. The van der Waals surface area contributed by atoms with Crippen molar-refractivity contribution in [3.63, 3.8) is 0 Å². The lowest BCUT2D eigenvalue weighted by atomic mass is 10.1. The lowest BCUT2D eigenvalue weighted by molar-refractivity contribution is -0.126. The highest BCUT2D eigenvalue weighted by Gasteiger charge is 2.32. The van der Waals surface area contributed by atoms with E-state index in [1.807, 2.05) is 30.0 Å². The van der Waals surface area contributed by atoms with Gasteiger partial charge in [0, 0.05) is 6.54 Å². The topological polar surface area (TPSA) is 49.8 Å². The van der Waals surface area contributed by atoms with Crippen LogP contribution in [0, 0.1) is 0 Å². The second-order valence-electron chi connectivity index (χ2n) is 5.17. The molecule has 0 saturated heterocycles. The zero-order chi connectivity index (χ0) is 14.5. The smallest absolute Gasteiger partial charge is 0.268 e. The third kappa shape index (κ3) is 2.96. The van der Waals surface area contributed by atoms with Gasteiger partial charge in [0.05, 0.1) is 12.3 Å². The Labute approximate surface area is 120 Å². The van der Waals surface area contributed by atoms with Gasteiger partial charge in [0.15, 0.2) is 6.10 Å². The Hall–Kier alpha value is -1.55. The fourth-order valence-electron chi connectivity index (χ4n) is 2.48. The van der Waals surface area contributed by atoms with Crippen molar-refractivity contribution in [1.82, 2.24) is 0 Å². The Morgan fingerprint density at radius 1 is 1.30 bits per heavy atom. The molecule has 1 amide bonds. The van der Waals surface area contributed by atoms with Crippen LogP contribution in [0.25, 0.3) is 0 Å². The first kappa shape index (κ1) is 14.9. The van der Waals surface area contributed by atoms with Crippen LogP contribution >= 0.6 is 0 Å². The lowest BCUT2D eigenvalue weighted by Gasteiger charge is -2.34. The molecule has 1 aliphatic rings. The first-order chi connectivity index (χ1) is 9.71. The van der Waals surface area contributed by atoms with Crippen LogP contribution in [-0.4, -0.2) is 23.7 Å². The van der Waals surface area contributed by atoms with E-state index in [2.05, 4.69) is 6.92 Å². The quantitative estimate of drug-likeness (QED) is 0.813. The molecule has 2 rings (SSSR count). The lowest BCUT2D eigenvalue weighted by Crippen LogP contribution is -2.46. The summed E-state index contributed by atoms with van der Waals surface area (Å²) in [7, 11) is 0. The Kier molecular flexibility index (Phi) is 5.01. The molecule has 1 aromatic rings. The normalized spacial score (nSPS) is 17.9. The van der Waals surface area contributed by atoms with E-state index in [4.69, 9.17) is 4.74 Å². The summed E-state index contributed by atoms with van der Waals surface area (Å²) in [6.07, 6.45) is 3.51. The van der Waals surface area contributed by atoms with Gasteiger partial charge in [0.25, 0.3) is 5.91 Å². The monoisotopic (exact) mass is 277 g/mol. The average molecular weight is 277 g/mol. The van der Waals surface area contributed by atoms with Gasteiger partial charge in [-0.25, -0.2) is 0 Å². The maximum absolute atomic E-state index is 12.5. The van der Waals surface area contributed by atoms with Crippen molar-refractivity contribution in [1.29, 1.82) is 0 Å². The van der Waals surface area contributed by atoms with E-state index in [1.54, 1.807) is 0 Å². The molecule has 0 aliphatic carbocycles. The van der Waals surface area contributed by atoms with Gasteiger partial charge in [-0.2, -0.15) is 0 Å². The van der Waals surface area contributed by atoms with Gasteiger partial charge < -0.3 is 14.7 Å². The molecule has 0 fully saturated rings. The number of hydrogen-bond donors (Lipinski definition) is 1. The largest absolute Gasteiger partial charge is 0.478 e. The van der Waals surface area contributed by atoms with Gasteiger partial charge in [0.1, 0.15) is 5.75 Å². The van der Waals surface area contributed by atoms with Gasteiger partial charge in [-0.15, -0.1) is 0 Å². The van der Waals surface area contributed by atoms with Crippen molar-refractivity contribution >= 4 is 11.6 Å². The van der Waals surface area contributed by atoms with Crippen molar-refractivity contribution in [2.75, 3.05) is 11.4 Å². The molecule has 110 valence electrons. The van der Waals surface area contributed by atoms with E-state index in [9.17, 15) is 9.90 Å². The number of rotatable bonds is 6. The van der Waals surface area contributed by atoms with E-state index < -0.39 is 0 Å². The molecule has 1 aliphatic heterocycles. The summed E-state index contributed by atoms with van der Waals surface area (Å²) in [5.74, 6) is 0.774. The second-order valence-corrected chi connectivity index (χ2v) is 5.17. The highest BCUT2D eigenvalue weighted by molar-refractivity contribution is 6.00. The standard InChI is InChI=1S/C16H23NO3/c1-3-5-6-9-17-13-10-12(11-18)7-8-15(13)20-14(4-2)16(17)19/h7-8,10,14,18H,3-6,9,11H2,1-2H3. The number of amides is 1. The number of hydrogen-bond acceptors (Lipinski definition) is 3. The molecule has 4 heteroatoms. The number of aliphatic hydroxyl groups is 1. The Morgan fingerprint density at radius 3 is 2.75 bits per heavy atom. The average Bonchev–Trinajstić information content (AvgIpc) is 2.48. The van der Waals surface area contributed by atoms with Crippen molar-refractivity contribution in [3.8, 4) is 5.75 Å². The summed E-state index contributed by atoms with van der Waals surface area (Å²) in [6, 6.07) is 5.54. The van der Waals surface area contributed by atoms with Crippen molar-refractivity contribution < 1.29 is 14.6 Å². The third-order valence-corrected chi connectivity index (χ3v) is 3.66. The molecule has 4 nitrogen and oxygen atoms in total. The molecular weight excluding hydrogens is 254 g/mol. The molecule has 0 saturated carbocycles. The van der Waals surface area contributed by atoms with Crippen LogP contribution in [0.3, 0.4) is 0 Å². The minimum Gasteiger partial charge on any atom is -0.478 e. The molecule has 1 aromatic carbocycles. The van der Waals surface area contributed by atoms with Crippen molar-refractivity contribution in [2.45, 2.75) is 52.2 Å². The Morgan fingerprint density at radius 2 is 2.10 bits per heavy atom. The molecule has 0 bridgehead atoms. The highest BCUT2D eigenvalue weighted by atomic mass is 16.5. The number of unbranched alkanes of at least 4 members (excludes halogenated alkanes) is 2. The number of anilines is 1. The molecule has 0 radical (unpaired) electrons. The summed E-state index contributed by atoms with van der Waals surface area (Å²) in [5.41, 5.74) is 1.60. The summed E-state index contributed by atoms with van der Waals surface area (Å²) >= 11 is 0. The minimum atomic E-state index is -0.385. The Bertz CT molecular complexity index is 473. The SMILES string of the molecule is CCCCCN1C(=O)C(CC)Oc2ccc(CO)cc21. The van der Waals surface area contributed by atoms with E-state index in [-0.39, 0.29) is 18.6 Å². The van der Waals surface area contributed by atoms with Crippen LogP contribution < -0.4 is 9.64 Å². The number of nitrogens with zero attached hydrogens (tertiary/aromatic N) is 1.